The molecule has 1 heterocycles. The quantitative estimate of drug-likeness (QED) is 0.814. The van der Waals surface area contributed by atoms with E-state index in [1.165, 1.54) is 4.68 Å². The summed E-state index contributed by atoms with van der Waals surface area (Å²) in [6.45, 7) is 7.79. The van der Waals surface area contributed by atoms with Crippen molar-refractivity contribution in [1.82, 2.24) is 20.2 Å². The highest BCUT2D eigenvalue weighted by Crippen LogP contribution is 2.19. The van der Waals surface area contributed by atoms with Gasteiger partial charge in [0.05, 0.1) is 0 Å². The van der Waals surface area contributed by atoms with Crippen LogP contribution in [0.4, 0.5) is 0 Å². The molecule has 0 aliphatic heterocycles. The van der Waals surface area contributed by atoms with E-state index in [4.69, 9.17) is 5.11 Å². The van der Waals surface area contributed by atoms with Crippen LogP contribution in [0, 0.1) is 11.8 Å². The third kappa shape index (κ3) is 2.77. The zero-order valence-corrected chi connectivity index (χ0v) is 10.1. The van der Waals surface area contributed by atoms with Crippen LogP contribution in [0.2, 0.25) is 0 Å². The van der Waals surface area contributed by atoms with Crippen molar-refractivity contribution >= 4 is 5.97 Å². The van der Waals surface area contributed by atoms with Gasteiger partial charge in [0.25, 0.3) is 0 Å². The lowest BCUT2D eigenvalue weighted by Gasteiger charge is -2.17. The third-order valence-electron chi connectivity index (χ3n) is 2.30. The highest BCUT2D eigenvalue weighted by Gasteiger charge is 2.27. The minimum Gasteiger partial charge on any atom is -0.480 e. The molecule has 0 aliphatic rings. The summed E-state index contributed by atoms with van der Waals surface area (Å²) in [5.74, 6) is 0.0849. The largest absolute Gasteiger partial charge is 0.480 e. The van der Waals surface area contributed by atoms with Crippen molar-refractivity contribution in [3.05, 3.63) is 5.82 Å². The molecule has 0 bridgehead atoms. The first-order valence-electron chi connectivity index (χ1n) is 5.43. The molecule has 16 heavy (non-hydrogen) atoms. The molecule has 0 saturated carbocycles. The lowest BCUT2D eigenvalue weighted by molar-refractivity contribution is -0.142. The topological polar surface area (TPSA) is 80.9 Å². The van der Waals surface area contributed by atoms with Gasteiger partial charge in [0.2, 0.25) is 0 Å². The molecule has 0 spiro atoms. The maximum absolute atomic E-state index is 11.2. The van der Waals surface area contributed by atoms with Gasteiger partial charge in [-0.25, -0.2) is 9.48 Å². The Morgan fingerprint density at radius 2 is 2.00 bits per heavy atom. The summed E-state index contributed by atoms with van der Waals surface area (Å²) >= 11 is 0. The van der Waals surface area contributed by atoms with Crippen LogP contribution < -0.4 is 0 Å². The molecule has 6 heteroatoms. The number of aliphatic carboxylic acids is 1. The zero-order chi connectivity index (χ0) is 12.3. The predicted molar refractivity (Wildman–Crippen MR) is 57.9 cm³/mol. The van der Waals surface area contributed by atoms with E-state index in [0.717, 1.165) is 0 Å². The molecule has 1 aromatic heterocycles. The van der Waals surface area contributed by atoms with Crippen molar-refractivity contribution < 1.29 is 9.90 Å². The Bertz CT molecular complexity index is 359. The SMILES string of the molecule is CC(C)Cc1nnnn1C(C(=O)O)C(C)C. The second-order valence-corrected chi connectivity index (χ2v) is 4.66. The van der Waals surface area contributed by atoms with Crippen molar-refractivity contribution in [3.63, 3.8) is 0 Å². The molecule has 0 aliphatic carbocycles. The van der Waals surface area contributed by atoms with Crippen molar-refractivity contribution in [3.8, 4) is 0 Å². The Morgan fingerprint density at radius 3 is 2.44 bits per heavy atom. The van der Waals surface area contributed by atoms with E-state index in [-0.39, 0.29) is 5.92 Å². The molecule has 1 unspecified atom stereocenters. The van der Waals surface area contributed by atoms with Gasteiger partial charge in [-0.3, -0.25) is 0 Å². The fraction of sp³-hybridized carbons (Fsp3) is 0.800. The van der Waals surface area contributed by atoms with Crippen LogP contribution in [-0.4, -0.2) is 31.3 Å². The number of nitrogens with zero attached hydrogens (tertiary/aromatic N) is 4. The van der Waals surface area contributed by atoms with E-state index in [1.54, 1.807) is 0 Å². The number of aromatic nitrogens is 4. The molecule has 0 aromatic carbocycles. The first-order chi connectivity index (χ1) is 7.43. The Labute approximate surface area is 94.7 Å². The van der Waals surface area contributed by atoms with E-state index in [1.807, 2.05) is 27.7 Å². The molecule has 6 nitrogen and oxygen atoms in total. The molecule has 1 N–H and O–H groups in total. The molecular weight excluding hydrogens is 208 g/mol. The van der Waals surface area contributed by atoms with E-state index in [2.05, 4.69) is 15.5 Å². The molecule has 1 atom stereocenters. The zero-order valence-electron chi connectivity index (χ0n) is 10.1. The fourth-order valence-electron chi connectivity index (χ4n) is 1.60. The first kappa shape index (κ1) is 12.6. The van der Waals surface area contributed by atoms with Gasteiger partial charge in [-0.2, -0.15) is 0 Å². The molecule has 0 saturated heterocycles. The Balaban J connectivity index is 3.01. The minimum atomic E-state index is -0.896. The number of hydrogen-bond donors (Lipinski definition) is 1. The van der Waals surface area contributed by atoms with E-state index < -0.39 is 12.0 Å². The first-order valence-corrected chi connectivity index (χ1v) is 5.43. The summed E-state index contributed by atoms with van der Waals surface area (Å²) in [7, 11) is 0. The van der Waals surface area contributed by atoms with Crippen LogP contribution in [0.5, 0.6) is 0 Å². The predicted octanol–water partition coefficient (Wildman–Crippen LogP) is 1.15. The molecule has 0 amide bonds. The second-order valence-electron chi connectivity index (χ2n) is 4.66. The van der Waals surface area contributed by atoms with Crippen LogP contribution in [0.3, 0.4) is 0 Å². The summed E-state index contributed by atoms with van der Waals surface area (Å²) in [5.41, 5.74) is 0. The molecule has 0 radical (unpaired) electrons. The summed E-state index contributed by atoms with van der Waals surface area (Å²) in [6.07, 6.45) is 0.684. The summed E-state index contributed by atoms with van der Waals surface area (Å²) in [5, 5.41) is 20.4. The van der Waals surface area contributed by atoms with Crippen molar-refractivity contribution in [2.45, 2.75) is 40.2 Å². The third-order valence-corrected chi connectivity index (χ3v) is 2.30. The number of rotatable bonds is 5. The average Bonchev–Trinajstić information content (AvgIpc) is 2.50. The lowest BCUT2D eigenvalue weighted by Crippen LogP contribution is -2.27. The monoisotopic (exact) mass is 226 g/mol. The number of carboxylic acids is 1. The maximum atomic E-state index is 11.2. The van der Waals surface area contributed by atoms with Gasteiger partial charge in [0, 0.05) is 6.42 Å². The van der Waals surface area contributed by atoms with Crippen LogP contribution in [0.25, 0.3) is 0 Å². The molecular formula is C10H18N4O2. The molecule has 90 valence electrons. The Kier molecular flexibility index (Phi) is 3.98. The minimum absolute atomic E-state index is 0.0492. The van der Waals surface area contributed by atoms with Crippen LogP contribution >= 0.6 is 0 Å². The maximum Gasteiger partial charge on any atom is 0.328 e. The summed E-state index contributed by atoms with van der Waals surface area (Å²) < 4.78 is 1.42. The van der Waals surface area contributed by atoms with Gasteiger partial charge in [-0.1, -0.05) is 27.7 Å². The highest BCUT2D eigenvalue weighted by atomic mass is 16.4. The van der Waals surface area contributed by atoms with Gasteiger partial charge in [0.1, 0.15) is 0 Å². The van der Waals surface area contributed by atoms with Gasteiger partial charge in [-0.15, -0.1) is 5.10 Å². The Morgan fingerprint density at radius 1 is 1.38 bits per heavy atom. The normalized spacial score (nSPS) is 13.4. The van der Waals surface area contributed by atoms with Crippen LogP contribution in [0.1, 0.15) is 39.6 Å². The van der Waals surface area contributed by atoms with E-state index in [9.17, 15) is 4.79 Å². The summed E-state index contributed by atoms with van der Waals surface area (Å²) in [6, 6.07) is -0.691. The van der Waals surface area contributed by atoms with Gasteiger partial charge >= 0.3 is 5.97 Å². The van der Waals surface area contributed by atoms with Gasteiger partial charge in [-0.05, 0) is 22.3 Å². The lowest BCUT2D eigenvalue weighted by atomic mass is 10.0. The van der Waals surface area contributed by atoms with Crippen LogP contribution in [0.15, 0.2) is 0 Å². The molecule has 1 aromatic rings. The van der Waals surface area contributed by atoms with Crippen molar-refractivity contribution in [1.29, 1.82) is 0 Å². The van der Waals surface area contributed by atoms with E-state index >= 15 is 0 Å². The summed E-state index contributed by atoms with van der Waals surface area (Å²) in [4.78, 5) is 11.2. The van der Waals surface area contributed by atoms with Crippen molar-refractivity contribution in [2.75, 3.05) is 0 Å². The van der Waals surface area contributed by atoms with Crippen molar-refractivity contribution in [2.24, 2.45) is 11.8 Å². The molecule has 1 rings (SSSR count). The average molecular weight is 226 g/mol. The van der Waals surface area contributed by atoms with E-state index in [0.29, 0.717) is 18.2 Å². The number of carboxylic acid groups (broad SMARTS) is 1. The Hall–Kier alpha value is -1.46. The number of hydrogen-bond acceptors (Lipinski definition) is 4. The standard InChI is InChI=1S/C10H18N4O2/c1-6(2)5-8-11-12-13-14(8)9(7(3)4)10(15)16/h6-7,9H,5H2,1-4H3,(H,15,16). The smallest absolute Gasteiger partial charge is 0.328 e. The van der Waals surface area contributed by atoms with Gasteiger partial charge in [0.15, 0.2) is 11.9 Å². The van der Waals surface area contributed by atoms with Crippen LogP contribution in [-0.2, 0) is 11.2 Å². The fourth-order valence-corrected chi connectivity index (χ4v) is 1.60. The second kappa shape index (κ2) is 5.05. The number of tetrazole rings is 1. The number of carbonyl (C=O) groups is 1. The molecule has 0 fully saturated rings. The van der Waals surface area contributed by atoms with Gasteiger partial charge < -0.3 is 5.11 Å². The highest BCUT2D eigenvalue weighted by molar-refractivity contribution is 5.72.